The van der Waals surface area contributed by atoms with E-state index in [4.69, 9.17) is 0 Å². The molecule has 0 saturated heterocycles. The van der Waals surface area contributed by atoms with Crippen molar-refractivity contribution in [2.45, 2.75) is 31.7 Å². The fraction of sp³-hybridized carbons (Fsp3) is 0.278. The van der Waals surface area contributed by atoms with E-state index in [-0.39, 0.29) is 34.0 Å². The Labute approximate surface area is 147 Å². The van der Waals surface area contributed by atoms with Gasteiger partial charge in [-0.1, -0.05) is 19.9 Å². The van der Waals surface area contributed by atoms with Crippen LogP contribution in [0.2, 0.25) is 0 Å². The van der Waals surface area contributed by atoms with E-state index in [1.807, 2.05) is 20.8 Å². The van der Waals surface area contributed by atoms with E-state index < -0.39 is 15.8 Å². The van der Waals surface area contributed by atoms with Gasteiger partial charge in [0.1, 0.15) is 5.82 Å². The number of carbonyl (C=O) groups excluding carboxylic acids is 1. The van der Waals surface area contributed by atoms with Crippen LogP contribution in [0.1, 0.15) is 31.1 Å². The van der Waals surface area contributed by atoms with Crippen LogP contribution in [-0.2, 0) is 10.0 Å². The quantitative estimate of drug-likeness (QED) is 0.825. The maximum Gasteiger partial charge on any atom is 0.261 e. The first-order valence-electron chi connectivity index (χ1n) is 7.88. The zero-order valence-electron chi connectivity index (χ0n) is 14.3. The van der Waals surface area contributed by atoms with E-state index in [1.165, 1.54) is 30.3 Å². The highest BCUT2D eigenvalue weighted by molar-refractivity contribution is 7.92. The van der Waals surface area contributed by atoms with Crippen molar-refractivity contribution in [3.63, 3.8) is 0 Å². The van der Waals surface area contributed by atoms with Crippen LogP contribution in [0.4, 0.5) is 10.1 Å². The van der Waals surface area contributed by atoms with Crippen LogP contribution in [0.25, 0.3) is 0 Å². The minimum absolute atomic E-state index is 0.0369. The first-order valence-corrected chi connectivity index (χ1v) is 9.36. The molecule has 2 N–H and O–H groups in total. The maximum absolute atomic E-state index is 12.9. The second kappa shape index (κ2) is 7.65. The first-order chi connectivity index (χ1) is 11.7. The van der Waals surface area contributed by atoms with E-state index in [0.29, 0.717) is 0 Å². The van der Waals surface area contributed by atoms with Crippen LogP contribution in [0.15, 0.2) is 53.4 Å². The largest absolute Gasteiger partial charge is 0.349 e. The lowest BCUT2D eigenvalue weighted by Crippen LogP contribution is -2.36. The van der Waals surface area contributed by atoms with Gasteiger partial charge in [0.25, 0.3) is 15.9 Å². The predicted molar refractivity (Wildman–Crippen MR) is 95.4 cm³/mol. The summed E-state index contributed by atoms with van der Waals surface area (Å²) in [6, 6.07) is 10.7. The van der Waals surface area contributed by atoms with Crippen molar-refractivity contribution in [2.24, 2.45) is 5.92 Å². The lowest BCUT2D eigenvalue weighted by atomic mass is 10.1. The van der Waals surface area contributed by atoms with Gasteiger partial charge in [0.15, 0.2) is 0 Å². The van der Waals surface area contributed by atoms with Crippen LogP contribution < -0.4 is 10.0 Å². The number of rotatable bonds is 6. The second-order valence-corrected chi connectivity index (χ2v) is 7.83. The van der Waals surface area contributed by atoms with Gasteiger partial charge in [-0.05, 0) is 55.3 Å². The van der Waals surface area contributed by atoms with Gasteiger partial charge in [0.2, 0.25) is 0 Å². The minimum Gasteiger partial charge on any atom is -0.349 e. The molecule has 2 aromatic rings. The first kappa shape index (κ1) is 18.9. The fourth-order valence-corrected chi connectivity index (χ4v) is 3.10. The van der Waals surface area contributed by atoms with Crippen molar-refractivity contribution < 1.29 is 17.6 Å². The molecule has 134 valence electrons. The molecule has 0 heterocycles. The van der Waals surface area contributed by atoms with Crippen molar-refractivity contribution in [1.82, 2.24) is 5.32 Å². The molecule has 0 aliphatic heterocycles. The van der Waals surface area contributed by atoms with Gasteiger partial charge in [0.05, 0.1) is 4.90 Å². The van der Waals surface area contributed by atoms with Crippen LogP contribution in [-0.4, -0.2) is 20.4 Å². The van der Waals surface area contributed by atoms with Crippen LogP contribution in [0, 0.1) is 11.7 Å². The topological polar surface area (TPSA) is 75.3 Å². The third-order valence-corrected chi connectivity index (χ3v) is 5.24. The maximum atomic E-state index is 12.9. The van der Waals surface area contributed by atoms with E-state index >= 15 is 0 Å². The lowest BCUT2D eigenvalue weighted by Gasteiger charge is -2.17. The number of anilines is 1. The van der Waals surface area contributed by atoms with Gasteiger partial charge in [-0.15, -0.1) is 0 Å². The SMILES string of the molecule is CC(C)[C@@H](C)NC(=O)c1cccc(S(=O)(=O)Nc2ccc(F)cc2)c1. The van der Waals surface area contributed by atoms with Crippen LogP contribution >= 0.6 is 0 Å². The predicted octanol–water partition coefficient (Wildman–Crippen LogP) is 3.40. The van der Waals surface area contributed by atoms with Crippen molar-refractivity contribution in [3.05, 3.63) is 59.9 Å². The molecule has 2 rings (SSSR count). The number of sulfonamides is 1. The highest BCUT2D eigenvalue weighted by Gasteiger charge is 2.18. The molecule has 0 unspecified atom stereocenters. The van der Waals surface area contributed by atoms with Gasteiger partial charge < -0.3 is 5.32 Å². The van der Waals surface area contributed by atoms with Crippen molar-refractivity contribution in [3.8, 4) is 0 Å². The molecule has 25 heavy (non-hydrogen) atoms. The number of nitrogens with one attached hydrogen (secondary N) is 2. The molecule has 0 aromatic heterocycles. The number of amides is 1. The molecule has 0 fully saturated rings. The molecule has 0 bridgehead atoms. The Morgan fingerprint density at radius 1 is 1.04 bits per heavy atom. The van der Waals surface area contributed by atoms with Gasteiger partial charge in [-0.3, -0.25) is 9.52 Å². The van der Waals surface area contributed by atoms with Crippen LogP contribution in [0.3, 0.4) is 0 Å². The summed E-state index contributed by atoms with van der Waals surface area (Å²) in [4.78, 5) is 12.2. The average Bonchev–Trinajstić information content (AvgIpc) is 2.56. The molecule has 0 saturated carbocycles. The molecule has 2 aromatic carbocycles. The molecule has 0 aliphatic carbocycles. The molecular formula is C18H21FN2O3S. The number of benzene rings is 2. The Morgan fingerprint density at radius 3 is 2.28 bits per heavy atom. The smallest absolute Gasteiger partial charge is 0.261 e. The van der Waals surface area contributed by atoms with Crippen LogP contribution in [0.5, 0.6) is 0 Å². The number of halogens is 1. The Morgan fingerprint density at radius 2 is 1.68 bits per heavy atom. The summed E-state index contributed by atoms with van der Waals surface area (Å²) in [5.74, 6) is -0.531. The summed E-state index contributed by atoms with van der Waals surface area (Å²) in [7, 11) is -3.88. The molecule has 0 radical (unpaired) electrons. The Hall–Kier alpha value is -2.41. The molecule has 0 aliphatic rings. The van der Waals surface area contributed by atoms with E-state index in [1.54, 1.807) is 6.07 Å². The molecular weight excluding hydrogens is 343 g/mol. The number of carbonyl (C=O) groups is 1. The standard InChI is InChI=1S/C18H21FN2O3S/c1-12(2)13(3)20-18(22)14-5-4-6-17(11-14)25(23,24)21-16-9-7-15(19)8-10-16/h4-13,21H,1-3H3,(H,20,22)/t13-/m1/s1. The highest BCUT2D eigenvalue weighted by atomic mass is 32.2. The van der Waals surface area contributed by atoms with Gasteiger partial charge in [-0.2, -0.15) is 0 Å². The third-order valence-electron chi connectivity index (χ3n) is 3.86. The summed E-state index contributed by atoms with van der Waals surface area (Å²) >= 11 is 0. The number of hydrogen-bond donors (Lipinski definition) is 2. The second-order valence-electron chi connectivity index (χ2n) is 6.15. The van der Waals surface area contributed by atoms with Gasteiger partial charge in [0, 0.05) is 17.3 Å². The van der Waals surface area contributed by atoms with Gasteiger partial charge in [-0.25, -0.2) is 12.8 Å². The zero-order valence-corrected chi connectivity index (χ0v) is 15.1. The summed E-state index contributed by atoms with van der Waals surface area (Å²) < 4.78 is 40.2. The molecule has 1 amide bonds. The molecule has 1 atom stereocenters. The highest BCUT2D eigenvalue weighted by Crippen LogP contribution is 2.18. The number of hydrogen-bond acceptors (Lipinski definition) is 3. The normalized spacial score (nSPS) is 12.7. The van der Waals surface area contributed by atoms with E-state index in [2.05, 4.69) is 10.0 Å². The lowest BCUT2D eigenvalue weighted by molar-refractivity contribution is 0.0930. The molecule has 0 spiro atoms. The van der Waals surface area contributed by atoms with Crippen molar-refractivity contribution in [1.29, 1.82) is 0 Å². The summed E-state index contributed by atoms with van der Waals surface area (Å²) in [5, 5.41) is 2.83. The average molecular weight is 364 g/mol. The fourth-order valence-electron chi connectivity index (χ4n) is 1.99. The van der Waals surface area contributed by atoms with Crippen molar-refractivity contribution in [2.75, 3.05) is 4.72 Å². The molecule has 7 heteroatoms. The third kappa shape index (κ3) is 5.03. The van der Waals surface area contributed by atoms with Gasteiger partial charge >= 0.3 is 0 Å². The minimum atomic E-state index is -3.88. The summed E-state index contributed by atoms with van der Waals surface area (Å²) in [6.07, 6.45) is 0. The molecule has 5 nitrogen and oxygen atoms in total. The van der Waals surface area contributed by atoms with Crippen molar-refractivity contribution >= 4 is 21.6 Å². The zero-order chi connectivity index (χ0) is 18.6. The Kier molecular flexibility index (Phi) is 5.79. The van der Waals surface area contributed by atoms with E-state index in [0.717, 1.165) is 12.1 Å². The summed E-state index contributed by atoms with van der Waals surface area (Å²) in [5.41, 5.74) is 0.499. The van der Waals surface area contributed by atoms with E-state index in [9.17, 15) is 17.6 Å². The Bertz CT molecular complexity index is 849. The Balaban J connectivity index is 2.21. The summed E-state index contributed by atoms with van der Waals surface area (Å²) in [6.45, 7) is 5.86. The monoisotopic (exact) mass is 364 g/mol.